The summed E-state index contributed by atoms with van der Waals surface area (Å²) in [5.41, 5.74) is 2.98. The van der Waals surface area contributed by atoms with Gasteiger partial charge < -0.3 is 25.1 Å². The molecule has 1 aromatic rings. The van der Waals surface area contributed by atoms with Crippen molar-refractivity contribution < 1.29 is 24.1 Å². The lowest BCUT2D eigenvalue weighted by molar-refractivity contribution is -0.0669. The lowest BCUT2D eigenvalue weighted by atomic mass is 10.1. The summed E-state index contributed by atoms with van der Waals surface area (Å²) in [5.74, 6) is -0.990. The number of aliphatic hydroxyl groups excluding tert-OH is 1. The second-order valence-corrected chi connectivity index (χ2v) is 4.78. The molecule has 0 unspecified atom stereocenters. The zero-order chi connectivity index (χ0) is 16.4. The van der Waals surface area contributed by atoms with E-state index >= 15 is 0 Å². The molecule has 0 bridgehead atoms. The number of rotatable bonds is 5. The predicted molar refractivity (Wildman–Crippen MR) is 72.4 cm³/mol. The molecule has 10 nitrogen and oxygen atoms in total. The number of primary amides is 1. The van der Waals surface area contributed by atoms with Crippen molar-refractivity contribution in [1.82, 2.24) is 9.55 Å². The van der Waals surface area contributed by atoms with Crippen molar-refractivity contribution in [2.75, 3.05) is 20.8 Å². The molecule has 122 valence electrons. The monoisotopic (exact) mass is 315 g/mol. The van der Waals surface area contributed by atoms with Crippen LogP contribution in [0, 0.1) is 0 Å². The van der Waals surface area contributed by atoms with Crippen molar-refractivity contribution >= 4 is 5.91 Å². The highest BCUT2D eigenvalue weighted by Crippen LogP contribution is 2.30. The van der Waals surface area contributed by atoms with Gasteiger partial charge in [-0.2, -0.15) is 0 Å². The molecular formula is C12H17N3O7. The van der Waals surface area contributed by atoms with Crippen molar-refractivity contribution in [1.29, 1.82) is 0 Å². The number of H-pyrrole nitrogens is 1. The molecule has 4 atom stereocenters. The number of nitrogens with two attached hydrogens (primary N) is 1. The fourth-order valence-corrected chi connectivity index (χ4v) is 2.35. The Balaban J connectivity index is 2.46. The van der Waals surface area contributed by atoms with E-state index in [-0.39, 0.29) is 6.61 Å². The fraction of sp³-hybridized carbons (Fsp3) is 0.583. The lowest BCUT2D eigenvalue weighted by Gasteiger charge is -2.20. The summed E-state index contributed by atoms with van der Waals surface area (Å²) in [6.07, 6.45) is -2.71. The number of hydrogen-bond donors (Lipinski definition) is 3. The Hall–Kier alpha value is -2.01. The number of carbonyl (C=O) groups is 1. The highest BCUT2D eigenvalue weighted by atomic mass is 16.6. The first kappa shape index (κ1) is 16.4. The van der Waals surface area contributed by atoms with Crippen LogP contribution in [-0.2, 0) is 14.2 Å². The maximum Gasteiger partial charge on any atom is 0.330 e. The highest BCUT2D eigenvalue weighted by molar-refractivity contribution is 5.91. The average Bonchev–Trinajstić information content (AvgIpc) is 2.75. The number of ether oxygens (including phenoxy) is 3. The average molecular weight is 315 g/mol. The standard InChI is InChI=1S/C12H17N3O7/c1-20-4-6-7(16)8(21-2)11(22-6)15-3-5(9(13)17)10(18)14-12(15)19/h3,6-8,11,16H,4H2,1-2H3,(H2,13,17)(H,14,18,19)/t6-,7-,8-,11+/m1/s1. The maximum absolute atomic E-state index is 11.9. The van der Waals surface area contributed by atoms with Crippen molar-refractivity contribution in [2.45, 2.75) is 24.5 Å². The maximum atomic E-state index is 11.9. The molecule has 1 saturated heterocycles. The number of methoxy groups -OCH3 is 2. The number of aliphatic hydroxyl groups is 1. The zero-order valence-corrected chi connectivity index (χ0v) is 12.0. The van der Waals surface area contributed by atoms with Gasteiger partial charge >= 0.3 is 5.69 Å². The van der Waals surface area contributed by atoms with E-state index in [0.29, 0.717) is 0 Å². The first-order chi connectivity index (χ1) is 10.4. The third-order valence-electron chi connectivity index (χ3n) is 3.42. The van der Waals surface area contributed by atoms with E-state index in [1.165, 1.54) is 14.2 Å². The van der Waals surface area contributed by atoms with E-state index in [0.717, 1.165) is 10.8 Å². The number of aromatic nitrogens is 2. The number of aromatic amines is 1. The van der Waals surface area contributed by atoms with E-state index in [1.54, 1.807) is 0 Å². The van der Waals surface area contributed by atoms with Gasteiger partial charge in [0.1, 0.15) is 23.9 Å². The first-order valence-corrected chi connectivity index (χ1v) is 6.41. The molecule has 10 heteroatoms. The van der Waals surface area contributed by atoms with Gasteiger partial charge in [0.25, 0.3) is 11.5 Å². The van der Waals surface area contributed by atoms with E-state index in [4.69, 9.17) is 19.9 Å². The van der Waals surface area contributed by atoms with E-state index < -0.39 is 47.3 Å². The van der Waals surface area contributed by atoms with E-state index in [1.807, 2.05) is 4.98 Å². The quantitative estimate of drug-likeness (QED) is 0.547. The van der Waals surface area contributed by atoms with E-state index in [2.05, 4.69) is 0 Å². The van der Waals surface area contributed by atoms with Gasteiger partial charge in [-0.3, -0.25) is 19.1 Å². The molecule has 22 heavy (non-hydrogen) atoms. The zero-order valence-electron chi connectivity index (χ0n) is 12.0. The normalized spacial score (nSPS) is 28.0. The SMILES string of the molecule is COC[C@H]1O[C@H](n2cc(C(N)=O)c(=O)[nH]c2=O)[C@H](OC)[C@@H]1O. The van der Waals surface area contributed by atoms with Gasteiger partial charge in [0.15, 0.2) is 6.23 Å². The van der Waals surface area contributed by atoms with Crippen LogP contribution in [0.2, 0.25) is 0 Å². The number of nitrogens with one attached hydrogen (secondary N) is 1. The van der Waals surface area contributed by atoms with Crippen LogP contribution in [0.1, 0.15) is 16.6 Å². The second kappa shape index (κ2) is 6.40. The number of carbonyl (C=O) groups excluding carboxylic acids is 1. The number of nitrogens with zero attached hydrogens (tertiary/aromatic N) is 1. The Labute approximate surface area is 124 Å². The molecule has 1 amide bonds. The second-order valence-electron chi connectivity index (χ2n) is 4.78. The van der Waals surface area contributed by atoms with Crippen LogP contribution >= 0.6 is 0 Å². The summed E-state index contributed by atoms with van der Waals surface area (Å²) in [5, 5.41) is 10.1. The molecule has 1 fully saturated rings. The number of hydrogen-bond acceptors (Lipinski definition) is 7. The van der Waals surface area contributed by atoms with Gasteiger partial charge in [0.05, 0.1) is 6.61 Å². The summed E-state index contributed by atoms with van der Waals surface area (Å²) in [6.45, 7) is 0.0817. The Kier molecular flexibility index (Phi) is 4.76. The molecule has 0 radical (unpaired) electrons. The van der Waals surface area contributed by atoms with Crippen LogP contribution in [0.5, 0.6) is 0 Å². The summed E-state index contributed by atoms with van der Waals surface area (Å²) in [6, 6.07) is 0. The van der Waals surface area contributed by atoms with Crippen LogP contribution in [-0.4, -0.2) is 59.7 Å². The van der Waals surface area contributed by atoms with Crippen LogP contribution in [0.3, 0.4) is 0 Å². The molecule has 1 aromatic heterocycles. The van der Waals surface area contributed by atoms with Crippen LogP contribution in [0.4, 0.5) is 0 Å². The Morgan fingerprint density at radius 2 is 2.18 bits per heavy atom. The molecule has 0 aliphatic carbocycles. The molecule has 0 aromatic carbocycles. The van der Waals surface area contributed by atoms with Gasteiger partial charge in [-0.15, -0.1) is 0 Å². The fourth-order valence-electron chi connectivity index (χ4n) is 2.35. The van der Waals surface area contributed by atoms with Gasteiger partial charge in [-0.05, 0) is 0 Å². The lowest BCUT2D eigenvalue weighted by Crippen LogP contribution is -2.41. The van der Waals surface area contributed by atoms with Crippen molar-refractivity contribution in [3.8, 4) is 0 Å². The Morgan fingerprint density at radius 1 is 1.50 bits per heavy atom. The summed E-state index contributed by atoms with van der Waals surface area (Å²) in [7, 11) is 2.77. The Morgan fingerprint density at radius 3 is 2.73 bits per heavy atom. The molecule has 2 heterocycles. The first-order valence-electron chi connectivity index (χ1n) is 6.41. The highest BCUT2D eigenvalue weighted by Gasteiger charge is 2.45. The van der Waals surface area contributed by atoms with Crippen molar-refractivity contribution in [3.63, 3.8) is 0 Å². The minimum atomic E-state index is -1.05. The third kappa shape index (κ3) is 2.81. The predicted octanol–water partition coefficient (Wildman–Crippen LogP) is -2.44. The third-order valence-corrected chi connectivity index (χ3v) is 3.42. The summed E-state index contributed by atoms with van der Waals surface area (Å²) in [4.78, 5) is 36.7. The van der Waals surface area contributed by atoms with Crippen molar-refractivity contribution in [3.05, 3.63) is 32.6 Å². The minimum Gasteiger partial charge on any atom is -0.387 e. The summed E-state index contributed by atoms with van der Waals surface area (Å²) < 4.78 is 16.6. The molecule has 2 rings (SSSR count). The van der Waals surface area contributed by atoms with Crippen LogP contribution in [0.25, 0.3) is 0 Å². The van der Waals surface area contributed by atoms with Crippen LogP contribution < -0.4 is 17.0 Å². The van der Waals surface area contributed by atoms with Gasteiger partial charge in [0.2, 0.25) is 0 Å². The van der Waals surface area contributed by atoms with Crippen LogP contribution in [0.15, 0.2) is 15.8 Å². The van der Waals surface area contributed by atoms with Gasteiger partial charge in [0, 0.05) is 20.4 Å². The van der Waals surface area contributed by atoms with Gasteiger partial charge in [-0.1, -0.05) is 0 Å². The Bertz CT molecular complexity index is 667. The molecule has 4 N–H and O–H groups in total. The van der Waals surface area contributed by atoms with E-state index in [9.17, 15) is 19.5 Å². The molecule has 1 aliphatic heterocycles. The number of amides is 1. The molecular weight excluding hydrogens is 298 g/mol. The van der Waals surface area contributed by atoms with Crippen molar-refractivity contribution in [2.24, 2.45) is 5.73 Å². The molecule has 0 spiro atoms. The topological polar surface area (TPSA) is 146 Å². The van der Waals surface area contributed by atoms with Gasteiger partial charge in [-0.25, -0.2) is 4.79 Å². The minimum absolute atomic E-state index is 0.0817. The smallest absolute Gasteiger partial charge is 0.330 e. The molecule has 1 aliphatic rings. The summed E-state index contributed by atoms with van der Waals surface area (Å²) >= 11 is 0. The largest absolute Gasteiger partial charge is 0.387 e. The molecule has 0 saturated carbocycles.